The Balaban J connectivity index is 1.62. The summed E-state index contributed by atoms with van der Waals surface area (Å²) in [6, 6.07) is 23.1. The summed E-state index contributed by atoms with van der Waals surface area (Å²) in [5.41, 5.74) is 1.87. The molecule has 2 amide bonds. The van der Waals surface area contributed by atoms with Gasteiger partial charge in [-0.2, -0.15) is 0 Å². The number of carbonyl (C=O) groups is 2. The number of nitro groups is 1. The van der Waals surface area contributed by atoms with E-state index in [0.717, 1.165) is 16.0 Å². The van der Waals surface area contributed by atoms with Gasteiger partial charge in [0.15, 0.2) is 0 Å². The molecule has 3 aromatic carbocycles. The van der Waals surface area contributed by atoms with E-state index >= 15 is 0 Å². The van der Waals surface area contributed by atoms with Gasteiger partial charge in [-0.1, -0.05) is 84.4 Å². The SMILES string of the molecule is O=C1C2C(c3ccccc3)C=CC(c3ccccc3)C2C(=O)N1c1ccc([N+](=O)[O-])cc1Cl. The minimum absolute atomic E-state index is 0.00923. The Bertz CT molecular complexity index is 1210. The lowest BCUT2D eigenvalue weighted by molar-refractivity contribution is -0.384. The van der Waals surface area contributed by atoms with Gasteiger partial charge in [-0.15, -0.1) is 0 Å². The third-order valence-electron chi connectivity index (χ3n) is 6.45. The Hall–Kier alpha value is -3.77. The Morgan fingerprint density at radius 2 is 1.24 bits per heavy atom. The van der Waals surface area contributed by atoms with Crippen molar-refractivity contribution < 1.29 is 14.5 Å². The lowest BCUT2D eigenvalue weighted by atomic mass is 9.68. The maximum absolute atomic E-state index is 13.8. The van der Waals surface area contributed by atoms with E-state index in [1.165, 1.54) is 18.2 Å². The Morgan fingerprint density at radius 3 is 1.67 bits per heavy atom. The molecule has 0 saturated carbocycles. The van der Waals surface area contributed by atoms with E-state index in [4.69, 9.17) is 11.6 Å². The van der Waals surface area contributed by atoms with Gasteiger partial charge in [0.25, 0.3) is 5.69 Å². The van der Waals surface area contributed by atoms with E-state index < -0.39 is 16.8 Å². The summed E-state index contributed by atoms with van der Waals surface area (Å²) >= 11 is 6.32. The number of hydrogen-bond acceptors (Lipinski definition) is 4. The number of benzene rings is 3. The molecule has 7 heteroatoms. The fourth-order valence-corrected chi connectivity index (χ4v) is 5.22. The number of nitro benzene ring substituents is 1. The third-order valence-corrected chi connectivity index (χ3v) is 6.75. The molecule has 5 rings (SSSR count). The number of hydrogen-bond donors (Lipinski definition) is 0. The first-order valence-corrected chi connectivity index (χ1v) is 10.9. The van der Waals surface area contributed by atoms with Crippen LogP contribution in [0.4, 0.5) is 11.4 Å². The average Bonchev–Trinajstić information content (AvgIpc) is 3.10. The molecule has 164 valence electrons. The van der Waals surface area contributed by atoms with Gasteiger partial charge < -0.3 is 0 Å². The van der Waals surface area contributed by atoms with E-state index in [-0.39, 0.29) is 40.0 Å². The van der Waals surface area contributed by atoms with Crippen LogP contribution in [0.15, 0.2) is 91.0 Å². The van der Waals surface area contributed by atoms with E-state index in [1.807, 2.05) is 72.8 Å². The first kappa shape index (κ1) is 21.1. The topological polar surface area (TPSA) is 80.5 Å². The van der Waals surface area contributed by atoms with Gasteiger partial charge in [-0.25, -0.2) is 4.90 Å². The summed E-state index contributed by atoms with van der Waals surface area (Å²) in [6.45, 7) is 0. The van der Waals surface area contributed by atoms with Crippen molar-refractivity contribution in [2.45, 2.75) is 11.8 Å². The van der Waals surface area contributed by atoms with Crippen molar-refractivity contribution in [2.75, 3.05) is 4.90 Å². The highest BCUT2D eigenvalue weighted by molar-refractivity contribution is 6.36. The molecule has 33 heavy (non-hydrogen) atoms. The van der Waals surface area contributed by atoms with Crippen LogP contribution in [0, 0.1) is 22.0 Å². The highest BCUT2D eigenvalue weighted by Gasteiger charge is 2.55. The molecule has 0 spiro atoms. The first-order chi connectivity index (χ1) is 16.0. The zero-order valence-corrected chi connectivity index (χ0v) is 18.1. The third kappa shape index (κ3) is 3.52. The van der Waals surface area contributed by atoms with Gasteiger partial charge in [0.1, 0.15) is 0 Å². The molecule has 4 atom stereocenters. The van der Waals surface area contributed by atoms with Crippen LogP contribution in [0.1, 0.15) is 23.0 Å². The van der Waals surface area contributed by atoms with Gasteiger partial charge in [-0.3, -0.25) is 19.7 Å². The van der Waals surface area contributed by atoms with E-state index in [9.17, 15) is 19.7 Å². The summed E-state index contributed by atoms with van der Waals surface area (Å²) in [6.07, 6.45) is 4.03. The maximum Gasteiger partial charge on any atom is 0.271 e. The van der Waals surface area contributed by atoms with E-state index in [2.05, 4.69) is 0 Å². The zero-order valence-electron chi connectivity index (χ0n) is 17.4. The van der Waals surface area contributed by atoms with Crippen LogP contribution >= 0.6 is 11.6 Å². The molecule has 1 aliphatic carbocycles. The fraction of sp³-hybridized carbons (Fsp3) is 0.154. The Morgan fingerprint density at radius 1 is 0.758 bits per heavy atom. The largest absolute Gasteiger partial charge is 0.274 e. The van der Waals surface area contributed by atoms with Crippen LogP contribution in [0.5, 0.6) is 0 Å². The molecular weight excluding hydrogens is 440 g/mol. The van der Waals surface area contributed by atoms with Gasteiger partial charge in [0, 0.05) is 24.0 Å². The molecule has 0 aromatic heterocycles. The quantitative estimate of drug-likeness (QED) is 0.224. The first-order valence-electron chi connectivity index (χ1n) is 10.6. The van der Waals surface area contributed by atoms with Gasteiger partial charge in [-0.05, 0) is 17.2 Å². The zero-order chi connectivity index (χ0) is 23.1. The molecule has 0 radical (unpaired) electrons. The summed E-state index contributed by atoms with van der Waals surface area (Å²) < 4.78 is 0. The van der Waals surface area contributed by atoms with Crippen LogP contribution in [0.2, 0.25) is 5.02 Å². The molecule has 1 saturated heterocycles. The average molecular weight is 459 g/mol. The Kier molecular flexibility index (Phi) is 5.30. The standard InChI is InChI=1S/C26H19ClN2O4/c27-21-15-18(29(32)33)11-14-22(21)28-25(30)23-19(16-7-3-1-4-8-16)12-13-20(24(23)26(28)31)17-9-5-2-6-10-17/h1-15,19-20,23-24H. The number of carbonyl (C=O) groups excluding carboxylic acids is 2. The lowest BCUT2D eigenvalue weighted by Gasteiger charge is -2.32. The number of non-ortho nitro benzene ring substituents is 1. The predicted molar refractivity (Wildman–Crippen MR) is 125 cm³/mol. The van der Waals surface area contributed by atoms with Crippen LogP contribution in [0.25, 0.3) is 0 Å². The number of rotatable bonds is 4. The second kappa shape index (κ2) is 8.30. The number of nitrogens with zero attached hydrogens (tertiary/aromatic N) is 2. The second-order valence-electron chi connectivity index (χ2n) is 8.21. The number of anilines is 1. The van der Waals surface area contributed by atoms with Crippen molar-refractivity contribution in [1.82, 2.24) is 0 Å². The summed E-state index contributed by atoms with van der Waals surface area (Å²) in [5.74, 6) is -2.45. The summed E-state index contributed by atoms with van der Waals surface area (Å²) in [4.78, 5) is 39.2. The highest BCUT2D eigenvalue weighted by atomic mass is 35.5. The van der Waals surface area contributed by atoms with Crippen molar-refractivity contribution in [3.8, 4) is 0 Å². The molecule has 0 N–H and O–H groups in total. The molecular formula is C26H19ClN2O4. The summed E-state index contributed by atoms with van der Waals surface area (Å²) in [5, 5.41) is 11.1. The molecule has 6 nitrogen and oxygen atoms in total. The van der Waals surface area contributed by atoms with Crippen molar-refractivity contribution in [1.29, 1.82) is 0 Å². The predicted octanol–water partition coefficient (Wildman–Crippen LogP) is 5.49. The fourth-order valence-electron chi connectivity index (χ4n) is 4.96. The summed E-state index contributed by atoms with van der Waals surface area (Å²) in [7, 11) is 0. The smallest absolute Gasteiger partial charge is 0.271 e. The number of fused-ring (bicyclic) bond motifs is 1. The van der Waals surface area contributed by atoms with Gasteiger partial charge in [0.05, 0.1) is 27.5 Å². The monoisotopic (exact) mass is 458 g/mol. The number of halogens is 1. The highest BCUT2D eigenvalue weighted by Crippen LogP contribution is 2.50. The normalized spacial score (nSPS) is 24.1. The van der Waals surface area contributed by atoms with Crippen molar-refractivity contribution in [3.05, 3.63) is 117 Å². The lowest BCUT2D eigenvalue weighted by Crippen LogP contribution is -2.31. The van der Waals surface area contributed by atoms with Gasteiger partial charge in [0.2, 0.25) is 11.8 Å². The van der Waals surface area contributed by atoms with Crippen molar-refractivity contribution in [3.63, 3.8) is 0 Å². The Labute approximate surface area is 195 Å². The second-order valence-corrected chi connectivity index (χ2v) is 8.62. The van der Waals surface area contributed by atoms with Crippen molar-refractivity contribution in [2.24, 2.45) is 11.8 Å². The van der Waals surface area contributed by atoms with Crippen molar-refractivity contribution >= 4 is 34.8 Å². The van der Waals surface area contributed by atoms with Crippen LogP contribution in [-0.2, 0) is 9.59 Å². The van der Waals surface area contributed by atoms with Crippen LogP contribution in [-0.4, -0.2) is 16.7 Å². The molecule has 0 bridgehead atoms. The number of imide groups is 1. The molecule has 1 aliphatic heterocycles. The minimum atomic E-state index is -0.610. The molecule has 4 unspecified atom stereocenters. The molecule has 1 fully saturated rings. The molecule has 1 heterocycles. The van der Waals surface area contributed by atoms with Crippen LogP contribution in [0.3, 0.4) is 0 Å². The van der Waals surface area contributed by atoms with E-state index in [1.54, 1.807) is 0 Å². The molecule has 2 aliphatic rings. The number of amides is 2. The van der Waals surface area contributed by atoms with E-state index in [0.29, 0.717) is 0 Å². The van der Waals surface area contributed by atoms with Gasteiger partial charge >= 0.3 is 0 Å². The number of allylic oxidation sites excluding steroid dienone is 2. The molecule has 3 aromatic rings. The maximum atomic E-state index is 13.8. The minimum Gasteiger partial charge on any atom is -0.274 e. The van der Waals surface area contributed by atoms with Crippen LogP contribution < -0.4 is 4.90 Å².